The Bertz CT molecular complexity index is 147. The Morgan fingerprint density at radius 3 is 2.40 bits per heavy atom. The predicted octanol–water partition coefficient (Wildman–Crippen LogP) is 1.90. The van der Waals surface area contributed by atoms with Crippen LogP contribution in [-0.4, -0.2) is 24.5 Å². The van der Waals surface area contributed by atoms with Crippen LogP contribution in [-0.2, 0) is 0 Å². The van der Waals surface area contributed by atoms with Crippen molar-refractivity contribution >= 4 is 0 Å². The molecule has 1 heterocycles. The highest BCUT2D eigenvalue weighted by atomic mass is 15.1. The van der Waals surface area contributed by atoms with Crippen LogP contribution in [0.3, 0.4) is 0 Å². The Kier molecular flexibility index (Phi) is 2.14. The van der Waals surface area contributed by atoms with E-state index in [1.165, 1.54) is 0 Å². The molecule has 0 aromatic rings. The smallest absolute Gasteiger partial charge is 0.0282 e. The first-order chi connectivity index (χ1) is 4.63. The van der Waals surface area contributed by atoms with Crippen LogP contribution in [0, 0.1) is 5.92 Å². The van der Waals surface area contributed by atoms with E-state index in [9.17, 15) is 0 Å². The Balaban J connectivity index is 2.62. The third kappa shape index (κ3) is 1.24. The van der Waals surface area contributed by atoms with Gasteiger partial charge in [0.15, 0.2) is 0 Å². The molecule has 58 valence electrons. The molecule has 1 unspecified atom stereocenters. The molecule has 0 aromatic carbocycles. The molecule has 1 aliphatic rings. The molecule has 0 saturated carbocycles. The lowest BCUT2D eigenvalue weighted by atomic mass is 9.99. The summed E-state index contributed by atoms with van der Waals surface area (Å²) >= 11 is 0. The minimum Gasteiger partial charge on any atom is -0.296 e. The van der Waals surface area contributed by atoms with Crippen molar-refractivity contribution in [3.05, 3.63) is 11.6 Å². The largest absolute Gasteiger partial charge is 0.296 e. The zero-order valence-electron chi connectivity index (χ0n) is 7.39. The van der Waals surface area contributed by atoms with Gasteiger partial charge in [0.1, 0.15) is 0 Å². The third-order valence-electron chi connectivity index (χ3n) is 2.43. The summed E-state index contributed by atoms with van der Waals surface area (Å²) in [4.78, 5) is 2.37. The Hall–Kier alpha value is -0.300. The molecule has 10 heavy (non-hydrogen) atoms. The zero-order valence-corrected chi connectivity index (χ0v) is 7.39. The highest BCUT2D eigenvalue weighted by molar-refractivity contribution is 5.18. The highest BCUT2D eigenvalue weighted by Crippen LogP contribution is 2.22. The van der Waals surface area contributed by atoms with Crippen LogP contribution < -0.4 is 0 Å². The fourth-order valence-electron chi connectivity index (χ4n) is 1.55. The molecule has 0 fully saturated rings. The van der Waals surface area contributed by atoms with Crippen molar-refractivity contribution in [1.82, 2.24) is 4.90 Å². The average Bonchev–Trinajstić information content (AvgIpc) is 2.14. The van der Waals surface area contributed by atoms with E-state index in [4.69, 9.17) is 0 Å². The van der Waals surface area contributed by atoms with E-state index in [-0.39, 0.29) is 0 Å². The minimum atomic E-state index is 0.667. The fourth-order valence-corrected chi connectivity index (χ4v) is 1.55. The van der Waals surface area contributed by atoms with Crippen molar-refractivity contribution in [1.29, 1.82) is 0 Å². The van der Waals surface area contributed by atoms with E-state index in [2.05, 4.69) is 38.8 Å². The van der Waals surface area contributed by atoms with Gasteiger partial charge < -0.3 is 0 Å². The van der Waals surface area contributed by atoms with Crippen molar-refractivity contribution in [2.24, 2.45) is 5.92 Å². The van der Waals surface area contributed by atoms with Crippen molar-refractivity contribution < 1.29 is 0 Å². The van der Waals surface area contributed by atoms with Gasteiger partial charge in [-0.1, -0.05) is 25.5 Å². The highest BCUT2D eigenvalue weighted by Gasteiger charge is 2.20. The Morgan fingerprint density at radius 1 is 1.60 bits per heavy atom. The van der Waals surface area contributed by atoms with E-state index in [0.29, 0.717) is 6.04 Å². The SMILES string of the molecule is CC(C)C1=CCN(C)C1C. The predicted molar refractivity (Wildman–Crippen MR) is 45.0 cm³/mol. The second-order valence-electron chi connectivity index (χ2n) is 3.47. The lowest BCUT2D eigenvalue weighted by molar-refractivity contribution is 0.333. The number of rotatable bonds is 1. The molecular weight excluding hydrogens is 122 g/mol. The maximum absolute atomic E-state index is 2.37. The first kappa shape index (κ1) is 7.80. The molecule has 0 saturated heterocycles. The molecular formula is C9H17N. The second-order valence-corrected chi connectivity index (χ2v) is 3.47. The monoisotopic (exact) mass is 139 g/mol. The number of hydrogen-bond acceptors (Lipinski definition) is 1. The van der Waals surface area contributed by atoms with Crippen LogP contribution in [0.25, 0.3) is 0 Å². The fraction of sp³-hybridized carbons (Fsp3) is 0.778. The lowest BCUT2D eigenvalue weighted by Crippen LogP contribution is -2.25. The summed E-state index contributed by atoms with van der Waals surface area (Å²) in [7, 11) is 2.18. The van der Waals surface area contributed by atoms with Gasteiger partial charge in [-0.15, -0.1) is 0 Å². The van der Waals surface area contributed by atoms with E-state index < -0.39 is 0 Å². The van der Waals surface area contributed by atoms with Gasteiger partial charge >= 0.3 is 0 Å². The summed E-state index contributed by atoms with van der Waals surface area (Å²) in [5.74, 6) is 0.722. The van der Waals surface area contributed by atoms with Crippen molar-refractivity contribution in [2.75, 3.05) is 13.6 Å². The molecule has 1 rings (SSSR count). The number of hydrogen-bond donors (Lipinski definition) is 0. The molecule has 0 radical (unpaired) electrons. The van der Waals surface area contributed by atoms with Gasteiger partial charge in [0.05, 0.1) is 0 Å². The summed E-state index contributed by atoms with van der Waals surface area (Å²) in [6.07, 6.45) is 2.36. The molecule has 0 bridgehead atoms. The maximum Gasteiger partial charge on any atom is 0.0282 e. The Labute approximate surface area is 63.7 Å². The van der Waals surface area contributed by atoms with E-state index in [1.54, 1.807) is 5.57 Å². The second kappa shape index (κ2) is 2.75. The third-order valence-corrected chi connectivity index (χ3v) is 2.43. The van der Waals surface area contributed by atoms with Gasteiger partial charge in [-0.3, -0.25) is 4.90 Å². The van der Waals surface area contributed by atoms with Crippen molar-refractivity contribution in [2.45, 2.75) is 26.8 Å². The molecule has 0 aromatic heterocycles. The first-order valence-corrected chi connectivity index (χ1v) is 4.03. The van der Waals surface area contributed by atoms with Crippen LogP contribution in [0.2, 0.25) is 0 Å². The molecule has 0 aliphatic carbocycles. The maximum atomic E-state index is 2.37. The standard InChI is InChI=1S/C9H17N/c1-7(2)9-5-6-10(4)8(9)3/h5,7-8H,6H2,1-4H3. The summed E-state index contributed by atoms with van der Waals surface area (Å²) < 4.78 is 0. The van der Waals surface area contributed by atoms with Gasteiger partial charge in [-0.05, 0) is 19.9 Å². The van der Waals surface area contributed by atoms with E-state index in [0.717, 1.165) is 12.5 Å². The van der Waals surface area contributed by atoms with Crippen LogP contribution in [0.1, 0.15) is 20.8 Å². The molecule has 0 spiro atoms. The van der Waals surface area contributed by atoms with Crippen molar-refractivity contribution in [3.63, 3.8) is 0 Å². The minimum absolute atomic E-state index is 0.667. The van der Waals surface area contributed by atoms with Gasteiger partial charge in [0, 0.05) is 12.6 Å². The molecule has 1 heteroatoms. The van der Waals surface area contributed by atoms with Crippen LogP contribution >= 0.6 is 0 Å². The van der Waals surface area contributed by atoms with Crippen LogP contribution in [0.15, 0.2) is 11.6 Å². The molecule has 0 N–H and O–H groups in total. The summed E-state index contributed by atoms with van der Waals surface area (Å²) in [6, 6.07) is 0.667. The van der Waals surface area contributed by atoms with Crippen molar-refractivity contribution in [3.8, 4) is 0 Å². The quantitative estimate of drug-likeness (QED) is 0.501. The van der Waals surface area contributed by atoms with Crippen LogP contribution in [0.5, 0.6) is 0 Å². The molecule has 1 aliphatic heterocycles. The summed E-state index contributed by atoms with van der Waals surface area (Å²) in [5, 5.41) is 0. The van der Waals surface area contributed by atoms with Gasteiger partial charge in [-0.2, -0.15) is 0 Å². The number of nitrogens with zero attached hydrogens (tertiary/aromatic N) is 1. The number of likely N-dealkylation sites (N-methyl/N-ethyl adjacent to an activating group) is 1. The topological polar surface area (TPSA) is 3.24 Å². The molecule has 0 amide bonds. The van der Waals surface area contributed by atoms with Gasteiger partial charge in [0.2, 0.25) is 0 Å². The molecule has 1 nitrogen and oxygen atoms in total. The van der Waals surface area contributed by atoms with Gasteiger partial charge in [-0.25, -0.2) is 0 Å². The average molecular weight is 139 g/mol. The van der Waals surface area contributed by atoms with E-state index in [1.807, 2.05) is 0 Å². The summed E-state index contributed by atoms with van der Waals surface area (Å²) in [5.41, 5.74) is 1.60. The summed E-state index contributed by atoms with van der Waals surface area (Å²) in [6.45, 7) is 7.94. The van der Waals surface area contributed by atoms with Crippen LogP contribution in [0.4, 0.5) is 0 Å². The van der Waals surface area contributed by atoms with E-state index >= 15 is 0 Å². The first-order valence-electron chi connectivity index (χ1n) is 4.03. The lowest BCUT2D eigenvalue weighted by Gasteiger charge is -2.20. The van der Waals surface area contributed by atoms with Gasteiger partial charge in [0.25, 0.3) is 0 Å². The Morgan fingerprint density at radius 2 is 2.20 bits per heavy atom. The zero-order chi connectivity index (χ0) is 7.72. The molecule has 1 atom stereocenters. The normalized spacial score (nSPS) is 27.7.